The lowest BCUT2D eigenvalue weighted by Crippen LogP contribution is -1.86. The van der Waals surface area contributed by atoms with Crippen molar-refractivity contribution < 1.29 is 0 Å². The van der Waals surface area contributed by atoms with Crippen molar-refractivity contribution in [1.82, 2.24) is 14.6 Å². The highest BCUT2D eigenvalue weighted by Gasteiger charge is 2.03. The number of nitrogens with zero attached hydrogens (tertiary/aromatic N) is 3. The van der Waals surface area contributed by atoms with E-state index >= 15 is 0 Å². The Hall–Kier alpha value is -0.900. The van der Waals surface area contributed by atoms with Gasteiger partial charge in [-0.15, -0.1) is 21.5 Å². The third-order valence-electron chi connectivity index (χ3n) is 1.48. The van der Waals surface area contributed by atoms with Crippen LogP contribution >= 0.6 is 11.3 Å². The molecule has 0 fully saturated rings. The molecule has 3 nitrogen and oxygen atoms in total. The molecule has 2 aromatic heterocycles. The summed E-state index contributed by atoms with van der Waals surface area (Å²) in [6.07, 6.45) is 0. The lowest BCUT2D eigenvalue weighted by atomic mass is 10.5. The van der Waals surface area contributed by atoms with Crippen LogP contribution in [-0.2, 0) is 0 Å². The molecule has 0 spiro atoms. The SMILES string of the molecule is Cc1csc2nnc(C)n12. The Morgan fingerprint density at radius 1 is 1.40 bits per heavy atom. The van der Waals surface area contributed by atoms with E-state index < -0.39 is 0 Å². The zero-order valence-electron chi connectivity index (χ0n) is 5.83. The van der Waals surface area contributed by atoms with E-state index in [0.29, 0.717) is 0 Å². The smallest absolute Gasteiger partial charge is 0.216 e. The molecule has 0 radical (unpaired) electrons. The van der Waals surface area contributed by atoms with Crippen LogP contribution in [0.3, 0.4) is 0 Å². The molecule has 0 aliphatic heterocycles. The second-order valence-corrected chi connectivity index (χ2v) is 3.08. The molecule has 52 valence electrons. The average molecular weight is 153 g/mol. The minimum atomic E-state index is 0.966. The highest BCUT2D eigenvalue weighted by Crippen LogP contribution is 2.13. The fourth-order valence-electron chi connectivity index (χ4n) is 1.02. The molecule has 0 amide bonds. The Labute approximate surface area is 62.3 Å². The molecule has 4 heteroatoms. The molecule has 0 N–H and O–H groups in total. The first-order valence-corrected chi connectivity index (χ1v) is 3.93. The van der Waals surface area contributed by atoms with E-state index in [2.05, 4.69) is 22.5 Å². The van der Waals surface area contributed by atoms with Crippen LogP contribution in [0.15, 0.2) is 5.38 Å². The van der Waals surface area contributed by atoms with Crippen molar-refractivity contribution in [1.29, 1.82) is 0 Å². The van der Waals surface area contributed by atoms with Gasteiger partial charge in [0.05, 0.1) is 0 Å². The average Bonchev–Trinajstić information content (AvgIpc) is 2.40. The van der Waals surface area contributed by atoms with E-state index in [1.54, 1.807) is 11.3 Å². The molecule has 0 aliphatic rings. The van der Waals surface area contributed by atoms with Gasteiger partial charge in [-0.2, -0.15) is 0 Å². The van der Waals surface area contributed by atoms with Gasteiger partial charge in [0.15, 0.2) is 0 Å². The maximum Gasteiger partial charge on any atom is 0.216 e. The first kappa shape index (κ1) is 5.85. The van der Waals surface area contributed by atoms with Crippen LogP contribution in [0, 0.1) is 13.8 Å². The van der Waals surface area contributed by atoms with Crippen LogP contribution in [0.4, 0.5) is 0 Å². The van der Waals surface area contributed by atoms with Gasteiger partial charge in [-0.05, 0) is 13.8 Å². The number of aromatic nitrogens is 3. The Balaban J connectivity index is 2.98. The second-order valence-electron chi connectivity index (χ2n) is 2.24. The molecule has 10 heavy (non-hydrogen) atoms. The van der Waals surface area contributed by atoms with Crippen LogP contribution in [0.1, 0.15) is 11.5 Å². The van der Waals surface area contributed by atoms with Gasteiger partial charge in [-0.25, -0.2) is 0 Å². The molecule has 2 rings (SSSR count). The summed E-state index contributed by atoms with van der Waals surface area (Å²) in [7, 11) is 0. The molecule has 0 unspecified atom stereocenters. The summed E-state index contributed by atoms with van der Waals surface area (Å²) in [5.41, 5.74) is 1.21. The molecule has 2 aromatic rings. The molecule has 2 heterocycles. The van der Waals surface area contributed by atoms with Crippen LogP contribution in [0.25, 0.3) is 4.96 Å². The number of thiazole rings is 1. The van der Waals surface area contributed by atoms with E-state index in [1.165, 1.54) is 5.69 Å². The maximum atomic E-state index is 3.97. The molecule has 0 saturated carbocycles. The summed E-state index contributed by atoms with van der Waals surface area (Å²) in [5.74, 6) is 0.966. The Kier molecular flexibility index (Phi) is 1.05. The van der Waals surface area contributed by atoms with E-state index in [4.69, 9.17) is 0 Å². The molecule has 0 saturated heterocycles. The van der Waals surface area contributed by atoms with Gasteiger partial charge >= 0.3 is 0 Å². The monoisotopic (exact) mass is 153 g/mol. The van der Waals surface area contributed by atoms with Crippen molar-refractivity contribution in [3.05, 3.63) is 16.9 Å². The number of fused-ring (bicyclic) bond motifs is 1. The second kappa shape index (κ2) is 1.79. The van der Waals surface area contributed by atoms with Gasteiger partial charge in [0, 0.05) is 11.1 Å². The normalized spacial score (nSPS) is 11.0. The Morgan fingerprint density at radius 3 is 2.90 bits per heavy atom. The number of hydrogen-bond donors (Lipinski definition) is 0. The summed E-state index contributed by atoms with van der Waals surface area (Å²) < 4.78 is 2.05. The zero-order chi connectivity index (χ0) is 7.14. The third-order valence-corrected chi connectivity index (χ3v) is 2.42. The fraction of sp³-hybridized carbons (Fsp3) is 0.333. The van der Waals surface area contributed by atoms with E-state index in [0.717, 1.165) is 10.8 Å². The molecular weight excluding hydrogens is 146 g/mol. The molecule has 0 aromatic carbocycles. The van der Waals surface area contributed by atoms with Crippen LogP contribution < -0.4 is 0 Å². The van der Waals surface area contributed by atoms with Crippen molar-refractivity contribution in [2.24, 2.45) is 0 Å². The largest absolute Gasteiger partial charge is 0.274 e. The minimum absolute atomic E-state index is 0.966. The number of rotatable bonds is 0. The van der Waals surface area contributed by atoms with Gasteiger partial charge < -0.3 is 0 Å². The molecule has 0 bridgehead atoms. The Morgan fingerprint density at radius 2 is 2.20 bits per heavy atom. The van der Waals surface area contributed by atoms with E-state index in [9.17, 15) is 0 Å². The van der Waals surface area contributed by atoms with Crippen molar-refractivity contribution in [2.75, 3.05) is 0 Å². The lowest BCUT2D eigenvalue weighted by Gasteiger charge is -1.87. The van der Waals surface area contributed by atoms with Crippen LogP contribution in [0.5, 0.6) is 0 Å². The topological polar surface area (TPSA) is 30.2 Å². The Bertz CT molecular complexity index is 328. The van der Waals surface area contributed by atoms with Crippen molar-refractivity contribution in [3.8, 4) is 0 Å². The summed E-state index contributed by atoms with van der Waals surface area (Å²) in [6, 6.07) is 0. The molecule has 0 aliphatic carbocycles. The van der Waals surface area contributed by atoms with Crippen molar-refractivity contribution >= 4 is 16.3 Å². The first-order chi connectivity index (χ1) is 4.79. The number of hydrogen-bond acceptors (Lipinski definition) is 3. The summed E-state index contributed by atoms with van der Waals surface area (Å²) in [6.45, 7) is 4.01. The van der Waals surface area contributed by atoms with Crippen molar-refractivity contribution in [3.63, 3.8) is 0 Å². The van der Waals surface area contributed by atoms with Gasteiger partial charge in [0.25, 0.3) is 0 Å². The molecule has 0 atom stereocenters. The fourth-order valence-corrected chi connectivity index (χ4v) is 1.87. The predicted molar refractivity (Wildman–Crippen MR) is 40.3 cm³/mol. The maximum absolute atomic E-state index is 3.97. The lowest BCUT2D eigenvalue weighted by molar-refractivity contribution is 0.984. The highest BCUT2D eigenvalue weighted by atomic mass is 32.1. The van der Waals surface area contributed by atoms with E-state index in [1.807, 2.05) is 11.3 Å². The standard InChI is InChI=1S/C6H7N3S/c1-4-3-10-6-8-7-5(2)9(4)6/h3H,1-2H3. The first-order valence-electron chi connectivity index (χ1n) is 3.05. The summed E-state index contributed by atoms with van der Waals surface area (Å²) >= 11 is 1.62. The van der Waals surface area contributed by atoms with Gasteiger partial charge in [0.2, 0.25) is 4.96 Å². The molecular formula is C6H7N3S. The van der Waals surface area contributed by atoms with Crippen LogP contribution in [0.2, 0.25) is 0 Å². The zero-order valence-corrected chi connectivity index (χ0v) is 6.64. The third kappa shape index (κ3) is 0.593. The predicted octanol–water partition coefficient (Wildman–Crippen LogP) is 1.41. The van der Waals surface area contributed by atoms with E-state index in [-0.39, 0.29) is 0 Å². The highest BCUT2D eigenvalue weighted by molar-refractivity contribution is 7.15. The van der Waals surface area contributed by atoms with Crippen molar-refractivity contribution in [2.45, 2.75) is 13.8 Å². The van der Waals surface area contributed by atoms with Crippen LogP contribution in [-0.4, -0.2) is 14.6 Å². The van der Waals surface area contributed by atoms with Gasteiger partial charge in [-0.1, -0.05) is 0 Å². The number of aryl methyl sites for hydroxylation is 2. The summed E-state index contributed by atoms with van der Waals surface area (Å²) in [4.78, 5) is 0.981. The van der Waals surface area contributed by atoms with Gasteiger partial charge in [0.1, 0.15) is 5.82 Å². The minimum Gasteiger partial charge on any atom is -0.274 e. The quantitative estimate of drug-likeness (QED) is 0.572. The summed E-state index contributed by atoms with van der Waals surface area (Å²) in [5, 5.41) is 9.99. The van der Waals surface area contributed by atoms with Gasteiger partial charge in [-0.3, -0.25) is 4.40 Å².